The molecule has 0 fully saturated rings. The van der Waals surface area contributed by atoms with Crippen molar-refractivity contribution in [2.24, 2.45) is 4.99 Å². The van der Waals surface area contributed by atoms with Gasteiger partial charge in [0.15, 0.2) is 0 Å². The maximum atomic E-state index is 14.1. The van der Waals surface area contributed by atoms with Gasteiger partial charge in [-0.3, -0.25) is 4.99 Å². The summed E-state index contributed by atoms with van der Waals surface area (Å²) in [6.07, 6.45) is 3.26. The minimum Gasteiger partial charge on any atom is -0.338 e. The van der Waals surface area contributed by atoms with E-state index in [4.69, 9.17) is 0 Å². The Kier molecular flexibility index (Phi) is 7.13. The summed E-state index contributed by atoms with van der Waals surface area (Å²) in [4.78, 5) is 16.5. The van der Waals surface area contributed by atoms with Crippen molar-refractivity contribution >= 4 is 17.4 Å². The predicted octanol–water partition coefficient (Wildman–Crippen LogP) is 6.88. The molecule has 0 saturated heterocycles. The average molecular weight is 448 g/mol. The van der Waals surface area contributed by atoms with Crippen LogP contribution in [0.15, 0.2) is 71.7 Å². The van der Waals surface area contributed by atoms with Crippen LogP contribution in [-0.2, 0) is 0 Å². The highest BCUT2D eigenvalue weighted by atomic mass is 19.1. The van der Waals surface area contributed by atoms with Gasteiger partial charge in [0.1, 0.15) is 11.6 Å². The highest BCUT2D eigenvalue weighted by Crippen LogP contribution is 2.33. The number of halogens is 2. The second kappa shape index (κ2) is 10.4. The fourth-order valence-corrected chi connectivity index (χ4v) is 3.99. The molecule has 0 spiro atoms. The Labute approximate surface area is 192 Å². The number of nitrogens with one attached hydrogen (secondary N) is 2. The lowest BCUT2D eigenvalue weighted by atomic mass is 9.99. The number of aliphatic imine (C=N–C) groups is 1. The molecule has 0 bridgehead atoms. The summed E-state index contributed by atoms with van der Waals surface area (Å²) >= 11 is 0. The Hall–Kier alpha value is -3.54. The Bertz CT molecular complexity index is 1120. The molecule has 3 aromatic rings. The number of nitrogens with zero attached hydrogens (tertiary/aromatic N) is 1. The third kappa shape index (κ3) is 5.45. The Balaban J connectivity index is 1.41. The third-order valence-corrected chi connectivity index (χ3v) is 5.81. The highest BCUT2D eigenvalue weighted by Gasteiger charge is 2.24. The number of hydrogen-bond donors (Lipinski definition) is 2. The van der Waals surface area contributed by atoms with E-state index < -0.39 is 11.6 Å². The van der Waals surface area contributed by atoms with E-state index in [1.54, 1.807) is 0 Å². The van der Waals surface area contributed by atoms with Crippen molar-refractivity contribution in [1.82, 2.24) is 5.32 Å². The van der Waals surface area contributed by atoms with E-state index in [1.165, 1.54) is 18.2 Å². The summed E-state index contributed by atoms with van der Waals surface area (Å²) in [5.41, 5.74) is 4.30. The van der Waals surface area contributed by atoms with Crippen molar-refractivity contribution in [3.8, 4) is 11.1 Å². The van der Waals surface area contributed by atoms with Crippen LogP contribution in [0.1, 0.15) is 49.8 Å². The molecular weight excluding hydrogens is 420 g/mol. The second-order valence-corrected chi connectivity index (χ2v) is 8.16. The molecule has 4 nitrogen and oxygen atoms in total. The fraction of sp³-hybridized carbons (Fsp3) is 0.259. The molecule has 0 aromatic heterocycles. The highest BCUT2D eigenvalue weighted by molar-refractivity contribution is 6.02. The predicted molar refractivity (Wildman–Crippen MR) is 129 cm³/mol. The van der Waals surface area contributed by atoms with E-state index >= 15 is 0 Å². The maximum absolute atomic E-state index is 14.1. The normalized spacial score (nSPS) is 15.2. The van der Waals surface area contributed by atoms with E-state index in [1.807, 2.05) is 48.5 Å². The zero-order valence-electron chi connectivity index (χ0n) is 18.6. The van der Waals surface area contributed by atoms with Gasteiger partial charge in [-0.15, -0.1) is 0 Å². The lowest BCUT2D eigenvalue weighted by Gasteiger charge is -2.10. The molecule has 6 heteroatoms. The number of anilines is 1. The van der Waals surface area contributed by atoms with Crippen LogP contribution < -0.4 is 10.6 Å². The van der Waals surface area contributed by atoms with E-state index in [0.717, 1.165) is 41.6 Å². The van der Waals surface area contributed by atoms with Gasteiger partial charge in [-0.1, -0.05) is 55.8 Å². The van der Waals surface area contributed by atoms with Crippen molar-refractivity contribution in [2.45, 2.75) is 38.6 Å². The Morgan fingerprint density at radius 1 is 0.970 bits per heavy atom. The van der Waals surface area contributed by atoms with Gasteiger partial charge < -0.3 is 10.6 Å². The molecule has 1 heterocycles. The van der Waals surface area contributed by atoms with Gasteiger partial charge in [-0.05, 0) is 60.2 Å². The number of unbranched alkanes of at least 4 members (excludes halogenated alkanes) is 1. The molecule has 1 aliphatic heterocycles. The summed E-state index contributed by atoms with van der Waals surface area (Å²) in [5, 5.41) is 5.66. The first-order chi connectivity index (χ1) is 16.0. The monoisotopic (exact) mass is 447 g/mol. The lowest BCUT2D eigenvalue weighted by Crippen LogP contribution is -2.29. The molecule has 33 heavy (non-hydrogen) atoms. The Morgan fingerprint density at radius 2 is 1.61 bits per heavy atom. The first-order valence-electron chi connectivity index (χ1n) is 11.3. The number of hydrogen-bond acceptors (Lipinski definition) is 2. The van der Waals surface area contributed by atoms with E-state index in [-0.39, 0.29) is 17.6 Å². The molecular formula is C27H27F2N3O. The number of rotatable bonds is 7. The van der Waals surface area contributed by atoms with Crippen molar-refractivity contribution < 1.29 is 13.6 Å². The van der Waals surface area contributed by atoms with E-state index in [2.05, 4.69) is 22.5 Å². The first kappa shape index (κ1) is 22.6. The van der Waals surface area contributed by atoms with Gasteiger partial charge in [0.05, 0.1) is 11.6 Å². The summed E-state index contributed by atoms with van der Waals surface area (Å²) < 4.78 is 28.2. The quantitative estimate of drug-likeness (QED) is 0.381. The molecule has 2 N–H and O–H groups in total. The minimum atomic E-state index is -0.568. The standard InChI is InChI=1S/C27H27F2N3O/c1-2-3-17-30-27(33)31-21-13-11-19(12-14-21)18-7-9-20(10-8-18)24-15-16-25(32-24)26-22(28)5-4-6-23(26)29/h4-14,24H,2-3,15-17H2,1H3,(H2,30,31,33). The molecule has 3 aromatic carbocycles. The van der Waals surface area contributed by atoms with Crippen molar-refractivity contribution in [3.63, 3.8) is 0 Å². The van der Waals surface area contributed by atoms with Crippen molar-refractivity contribution in [3.05, 3.63) is 89.5 Å². The average Bonchev–Trinajstić information content (AvgIpc) is 3.29. The van der Waals surface area contributed by atoms with Crippen LogP contribution in [0.25, 0.3) is 11.1 Å². The summed E-state index contributed by atoms with van der Waals surface area (Å²) in [5.74, 6) is -1.14. The molecule has 2 amide bonds. The van der Waals surface area contributed by atoms with Gasteiger partial charge in [-0.2, -0.15) is 0 Å². The zero-order chi connectivity index (χ0) is 23.2. The summed E-state index contributed by atoms with van der Waals surface area (Å²) in [6.45, 7) is 2.74. The largest absolute Gasteiger partial charge is 0.338 e. The number of benzene rings is 3. The van der Waals surface area contributed by atoms with Gasteiger partial charge in [0.2, 0.25) is 0 Å². The second-order valence-electron chi connectivity index (χ2n) is 8.16. The van der Waals surface area contributed by atoms with Crippen LogP contribution in [0.3, 0.4) is 0 Å². The molecule has 1 unspecified atom stereocenters. The number of carbonyl (C=O) groups is 1. The van der Waals surface area contributed by atoms with E-state index in [9.17, 15) is 13.6 Å². The topological polar surface area (TPSA) is 53.5 Å². The molecule has 1 aliphatic rings. The smallest absolute Gasteiger partial charge is 0.319 e. The molecule has 4 rings (SSSR count). The fourth-order valence-electron chi connectivity index (χ4n) is 3.99. The molecule has 1 atom stereocenters. The van der Waals surface area contributed by atoms with Crippen molar-refractivity contribution in [2.75, 3.05) is 11.9 Å². The molecule has 170 valence electrons. The summed E-state index contributed by atoms with van der Waals surface area (Å²) in [7, 11) is 0. The van der Waals surface area contributed by atoms with Crippen LogP contribution in [-0.4, -0.2) is 18.3 Å². The van der Waals surface area contributed by atoms with Gasteiger partial charge in [0.25, 0.3) is 0 Å². The number of amides is 2. The minimum absolute atomic E-state index is 0.00985. The summed E-state index contributed by atoms with van der Waals surface area (Å²) in [6, 6.07) is 19.3. The Morgan fingerprint density at radius 3 is 2.24 bits per heavy atom. The van der Waals surface area contributed by atoms with Crippen LogP contribution in [0.2, 0.25) is 0 Å². The van der Waals surface area contributed by atoms with Crippen LogP contribution in [0.5, 0.6) is 0 Å². The van der Waals surface area contributed by atoms with Crippen molar-refractivity contribution in [1.29, 1.82) is 0 Å². The SMILES string of the molecule is CCCCNC(=O)Nc1ccc(-c2ccc(C3CCC(c4c(F)cccc4F)=N3)cc2)cc1. The zero-order valence-corrected chi connectivity index (χ0v) is 18.6. The van der Waals surface area contributed by atoms with Crippen LogP contribution >= 0.6 is 0 Å². The number of carbonyl (C=O) groups excluding carboxylic acids is 1. The molecule has 0 aliphatic carbocycles. The van der Waals surface area contributed by atoms with Crippen LogP contribution in [0, 0.1) is 11.6 Å². The third-order valence-electron chi connectivity index (χ3n) is 5.81. The maximum Gasteiger partial charge on any atom is 0.319 e. The van der Waals surface area contributed by atoms with Crippen LogP contribution in [0.4, 0.5) is 19.3 Å². The number of urea groups is 1. The molecule has 0 saturated carbocycles. The van der Waals surface area contributed by atoms with E-state index in [0.29, 0.717) is 18.7 Å². The van der Waals surface area contributed by atoms with Gasteiger partial charge in [0, 0.05) is 17.9 Å². The molecule has 0 radical (unpaired) electrons. The van der Waals surface area contributed by atoms with Gasteiger partial charge in [-0.25, -0.2) is 13.6 Å². The van der Waals surface area contributed by atoms with Gasteiger partial charge >= 0.3 is 6.03 Å². The lowest BCUT2D eigenvalue weighted by molar-refractivity contribution is 0.252. The first-order valence-corrected chi connectivity index (χ1v) is 11.3.